The lowest BCUT2D eigenvalue weighted by atomic mass is 10.0. The number of hydrogen-bond donors (Lipinski definition) is 2. The number of hydrogen-bond acceptors (Lipinski definition) is 5. The molecule has 32 heavy (non-hydrogen) atoms. The van der Waals surface area contributed by atoms with Crippen LogP contribution in [0.25, 0.3) is 11.3 Å². The Kier molecular flexibility index (Phi) is 7.36. The smallest absolute Gasteiger partial charge is 0.412 e. The number of anilines is 2. The molecule has 168 valence electrons. The fourth-order valence-corrected chi connectivity index (χ4v) is 3.49. The number of nitrogens with zero attached hydrogens (tertiary/aromatic N) is 2. The molecular weight excluding hydrogens is 424 g/mol. The molecule has 0 aliphatic rings. The van der Waals surface area contributed by atoms with E-state index in [2.05, 4.69) is 15.3 Å². The van der Waals surface area contributed by atoms with Crippen LogP contribution >= 0.6 is 11.6 Å². The van der Waals surface area contributed by atoms with Crippen LogP contribution < -0.4 is 11.1 Å². The molecule has 3 aromatic rings. The molecule has 6 nitrogen and oxygen atoms in total. The van der Waals surface area contributed by atoms with Crippen molar-refractivity contribution < 1.29 is 9.53 Å². The van der Waals surface area contributed by atoms with Crippen molar-refractivity contribution in [3.05, 3.63) is 70.4 Å². The third-order valence-corrected chi connectivity index (χ3v) is 5.25. The van der Waals surface area contributed by atoms with E-state index in [1.165, 1.54) is 5.56 Å². The lowest BCUT2D eigenvalue weighted by Gasteiger charge is -2.19. The second-order valence-corrected chi connectivity index (χ2v) is 9.10. The largest absolute Gasteiger partial charge is 0.444 e. The number of nitrogen functional groups attached to an aromatic ring is 1. The first kappa shape index (κ1) is 23.5. The maximum absolute atomic E-state index is 11.9. The van der Waals surface area contributed by atoms with Crippen molar-refractivity contribution in [2.24, 2.45) is 0 Å². The lowest BCUT2D eigenvalue weighted by molar-refractivity contribution is 0.0636. The molecule has 0 bridgehead atoms. The highest BCUT2D eigenvalue weighted by Crippen LogP contribution is 2.28. The number of aryl methyl sites for hydroxylation is 2. The van der Waals surface area contributed by atoms with E-state index in [-0.39, 0.29) is 5.95 Å². The molecule has 0 unspecified atom stereocenters. The quantitative estimate of drug-likeness (QED) is 0.464. The number of amides is 1. The van der Waals surface area contributed by atoms with Crippen molar-refractivity contribution in [2.75, 3.05) is 11.1 Å². The van der Waals surface area contributed by atoms with Crippen molar-refractivity contribution in [3.8, 4) is 11.3 Å². The molecule has 0 radical (unpaired) electrons. The molecule has 0 saturated heterocycles. The lowest BCUT2D eigenvalue weighted by Crippen LogP contribution is -2.27. The van der Waals surface area contributed by atoms with Gasteiger partial charge in [0.05, 0.1) is 5.69 Å². The number of carbonyl (C=O) groups excluding carboxylic acids is 1. The zero-order chi connectivity index (χ0) is 23.3. The minimum absolute atomic E-state index is 0.259. The summed E-state index contributed by atoms with van der Waals surface area (Å²) in [6.07, 6.45) is 2.10. The summed E-state index contributed by atoms with van der Waals surface area (Å²) in [5, 5.41) is 3.44. The number of halogens is 1. The average Bonchev–Trinajstić information content (AvgIpc) is 2.69. The summed E-state index contributed by atoms with van der Waals surface area (Å²) in [6, 6.07) is 15.5. The van der Waals surface area contributed by atoms with E-state index in [1.54, 1.807) is 0 Å². The predicted octanol–water partition coefficient (Wildman–Crippen LogP) is 6.21. The number of nitrogens with one attached hydrogen (secondary N) is 1. The van der Waals surface area contributed by atoms with Gasteiger partial charge in [-0.15, -0.1) is 0 Å². The van der Waals surface area contributed by atoms with E-state index in [9.17, 15) is 4.79 Å². The average molecular weight is 453 g/mol. The van der Waals surface area contributed by atoms with Gasteiger partial charge in [0.2, 0.25) is 5.95 Å². The third-order valence-electron chi connectivity index (χ3n) is 4.84. The zero-order valence-corrected chi connectivity index (χ0v) is 19.7. The monoisotopic (exact) mass is 452 g/mol. The minimum atomic E-state index is -0.528. The fourth-order valence-electron chi connectivity index (χ4n) is 3.32. The van der Waals surface area contributed by atoms with Gasteiger partial charge in [0, 0.05) is 22.0 Å². The van der Waals surface area contributed by atoms with E-state index >= 15 is 0 Å². The predicted molar refractivity (Wildman–Crippen MR) is 130 cm³/mol. The summed E-state index contributed by atoms with van der Waals surface area (Å²) in [4.78, 5) is 20.7. The minimum Gasteiger partial charge on any atom is -0.444 e. The molecule has 0 spiro atoms. The summed E-state index contributed by atoms with van der Waals surface area (Å²) in [6.45, 7) is 7.47. The van der Waals surface area contributed by atoms with Crippen LogP contribution in [0.5, 0.6) is 0 Å². The summed E-state index contributed by atoms with van der Waals surface area (Å²) in [5.41, 5.74) is 10.9. The van der Waals surface area contributed by atoms with Crippen molar-refractivity contribution >= 4 is 29.3 Å². The van der Waals surface area contributed by atoms with E-state index in [1.807, 2.05) is 76.2 Å². The van der Waals surface area contributed by atoms with Gasteiger partial charge < -0.3 is 10.5 Å². The van der Waals surface area contributed by atoms with Crippen LogP contribution in [-0.2, 0) is 17.6 Å². The first-order valence-electron chi connectivity index (χ1n) is 10.6. The van der Waals surface area contributed by atoms with Crippen LogP contribution in [0.4, 0.5) is 16.4 Å². The summed E-state index contributed by atoms with van der Waals surface area (Å²) < 4.78 is 5.27. The topological polar surface area (TPSA) is 90.1 Å². The number of rotatable bonds is 6. The fraction of sp³-hybridized carbons (Fsp3) is 0.320. The van der Waals surface area contributed by atoms with Gasteiger partial charge in [-0.3, -0.25) is 5.32 Å². The van der Waals surface area contributed by atoms with Crippen LogP contribution in [0.1, 0.15) is 44.0 Å². The molecule has 3 rings (SSSR count). The number of nitrogens with two attached hydrogens (primary N) is 1. The van der Waals surface area contributed by atoms with Crippen LogP contribution in [0.3, 0.4) is 0 Å². The van der Waals surface area contributed by atoms with Crippen molar-refractivity contribution in [1.82, 2.24) is 9.97 Å². The second kappa shape index (κ2) is 10.0. The zero-order valence-electron chi connectivity index (χ0n) is 18.9. The standard InChI is InChI=1S/C25H29ClN4O2/c1-16-20(9-6-10-21(16)26)22-15-19(28-23(27)30-22)8-5-7-17-11-13-18(14-12-17)29-24(31)32-25(2,3)4/h6,9-15H,5,7-8H2,1-4H3,(H,29,31)(H2,27,28,30). The van der Waals surface area contributed by atoms with Crippen LogP contribution in [0.15, 0.2) is 48.5 Å². The highest BCUT2D eigenvalue weighted by atomic mass is 35.5. The van der Waals surface area contributed by atoms with Gasteiger partial charge in [-0.05, 0) is 82.3 Å². The SMILES string of the molecule is Cc1c(Cl)cccc1-c1cc(CCCc2ccc(NC(=O)OC(C)(C)C)cc2)nc(N)n1. The Morgan fingerprint density at radius 3 is 2.50 bits per heavy atom. The Balaban J connectivity index is 1.59. The Morgan fingerprint density at radius 2 is 1.81 bits per heavy atom. The molecule has 0 saturated carbocycles. The van der Waals surface area contributed by atoms with Gasteiger partial charge in [0.15, 0.2) is 0 Å². The Morgan fingerprint density at radius 1 is 1.09 bits per heavy atom. The van der Waals surface area contributed by atoms with Crippen LogP contribution in [0.2, 0.25) is 5.02 Å². The van der Waals surface area contributed by atoms with Gasteiger partial charge in [-0.2, -0.15) is 0 Å². The first-order chi connectivity index (χ1) is 15.1. The first-order valence-corrected chi connectivity index (χ1v) is 11.0. The van der Waals surface area contributed by atoms with E-state index in [0.29, 0.717) is 10.7 Å². The molecule has 1 heterocycles. The van der Waals surface area contributed by atoms with E-state index in [4.69, 9.17) is 22.1 Å². The highest BCUT2D eigenvalue weighted by Gasteiger charge is 2.16. The Hall–Kier alpha value is -3.12. The van der Waals surface area contributed by atoms with E-state index in [0.717, 1.165) is 41.8 Å². The number of benzene rings is 2. The van der Waals surface area contributed by atoms with Gasteiger partial charge in [-0.1, -0.05) is 35.9 Å². The highest BCUT2D eigenvalue weighted by molar-refractivity contribution is 6.31. The molecule has 3 N–H and O–H groups in total. The number of aromatic nitrogens is 2. The number of ether oxygens (including phenoxy) is 1. The third kappa shape index (κ3) is 6.69. The molecule has 0 aliphatic carbocycles. The molecular formula is C25H29ClN4O2. The Bertz CT molecular complexity index is 1090. The van der Waals surface area contributed by atoms with Crippen LogP contribution in [0, 0.1) is 6.92 Å². The van der Waals surface area contributed by atoms with Crippen molar-refractivity contribution in [3.63, 3.8) is 0 Å². The molecule has 7 heteroatoms. The summed E-state index contributed by atoms with van der Waals surface area (Å²) in [7, 11) is 0. The molecule has 1 aromatic heterocycles. The van der Waals surface area contributed by atoms with Gasteiger partial charge >= 0.3 is 6.09 Å². The molecule has 2 aromatic carbocycles. The van der Waals surface area contributed by atoms with Crippen LogP contribution in [-0.4, -0.2) is 21.7 Å². The molecule has 0 fully saturated rings. The second-order valence-electron chi connectivity index (χ2n) is 8.69. The van der Waals surface area contributed by atoms with Crippen molar-refractivity contribution in [2.45, 2.75) is 52.6 Å². The molecule has 0 atom stereocenters. The number of carbonyl (C=O) groups is 1. The Labute approximate surface area is 194 Å². The molecule has 0 aliphatic heterocycles. The van der Waals surface area contributed by atoms with E-state index < -0.39 is 11.7 Å². The maximum atomic E-state index is 11.9. The normalized spacial score (nSPS) is 11.3. The summed E-state index contributed by atoms with van der Waals surface area (Å²) >= 11 is 6.26. The summed E-state index contributed by atoms with van der Waals surface area (Å²) in [5.74, 6) is 0.259. The van der Waals surface area contributed by atoms with Gasteiger partial charge in [0.1, 0.15) is 5.60 Å². The molecule has 1 amide bonds. The maximum Gasteiger partial charge on any atom is 0.412 e. The van der Waals surface area contributed by atoms with Gasteiger partial charge in [0.25, 0.3) is 0 Å². The van der Waals surface area contributed by atoms with Gasteiger partial charge in [-0.25, -0.2) is 14.8 Å². The van der Waals surface area contributed by atoms with Crippen molar-refractivity contribution in [1.29, 1.82) is 0 Å².